The average molecular weight is 548 g/mol. The molecule has 0 saturated carbocycles. The molecule has 0 heterocycles. The summed E-state index contributed by atoms with van der Waals surface area (Å²) >= 11 is 0.750. The average Bonchev–Trinajstić information content (AvgIpc) is 2.84. The fourth-order valence-corrected chi connectivity index (χ4v) is 5.42. The van der Waals surface area contributed by atoms with Crippen molar-refractivity contribution in [2.45, 2.75) is 114 Å². The molecule has 1 atom stereocenters. The van der Waals surface area contributed by atoms with Gasteiger partial charge >= 0.3 is 23.7 Å². The molecule has 200 valence electrons. The Morgan fingerprint density at radius 1 is 0.857 bits per heavy atom. The summed E-state index contributed by atoms with van der Waals surface area (Å²) in [6, 6.07) is 5.21. The van der Waals surface area contributed by atoms with E-state index in [1.807, 2.05) is 0 Å². The van der Waals surface area contributed by atoms with Crippen LogP contribution in [0, 0.1) is 5.92 Å². The third kappa shape index (κ3) is 12.7. The van der Waals surface area contributed by atoms with E-state index in [1.165, 1.54) is 82.1 Å². The van der Waals surface area contributed by atoms with Gasteiger partial charge in [0.25, 0.3) is 4.93 Å². The zero-order valence-corrected chi connectivity index (χ0v) is 23.9. The zero-order valence-electron chi connectivity index (χ0n) is 21.5. The summed E-state index contributed by atoms with van der Waals surface area (Å²) in [7, 11) is -4.44. The number of aliphatic hydroxyl groups is 2. The van der Waals surface area contributed by atoms with Crippen molar-refractivity contribution >= 4 is 21.3 Å². The van der Waals surface area contributed by atoms with Crippen LogP contribution in [0.2, 0.25) is 0 Å². The van der Waals surface area contributed by atoms with E-state index in [1.54, 1.807) is 0 Å². The fourth-order valence-electron chi connectivity index (χ4n) is 3.97. The van der Waals surface area contributed by atoms with Crippen LogP contribution in [-0.2, 0) is 38.4 Å². The number of rotatable bonds is 19. The molecule has 0 aliphatic carbocycles. The second-order valence-corrected chi connectivity index (χ2v) is 11.8. The third-order valence-corrected chi connectivity index (χ3v) is 8.36. The van der Waals surface area contributed by atoms with E-state index < -0.39 is 27.2 Å². The Morgan fingerprint density at radius 2 is 1.26 bits per heavy atom. The molecule has 0 aromatic heterocycles. The van der Waals surface area contributed by atoms with Crippen LogP contribution < -0.4 is 5.73 Å². The zero-order chi connectivity index (χ0) is 26.7. The first-order chi connectivity index (χ1) is 16.6. The van der Waals surface area contributed by atoms with Gasteiger partial charge in [-0.1, -0.05) is 90.9 Å². The van der Waals surface area contributed by atoms with Gasteiger partial charge in [0.15, 0.2) is 5.78 Å². The van der Waals surface area contributed by atoms with Gasteiger partial charge in [0, 0.05) is 12.1 Å². The molecule has 0 aliphatic heterocycles. The Morgan fingerprint density at radius 3 is 1.66 bits per heavy atom. The summed E-state index contributed by atoms with van der Waals surface area (Å²) in [6.07, 6.45) is 15.0. The molecule has 7 nitrogen and oxygen atoms in total. The van der Waals surface area contributed by atoms with Crippen LogP contribution in [0.25, 0.3) is 0 Å². The second kappa shape index (κ2) is 19.2. The fraction of sp³-hybridized carbons (Fsp3) is 0.731. The first kappa shape index (κ1) is 34.1. The van der Waals surface area contributed by atoms with Crippen LogP contribution >= 0.6 is 0 Å². The van der Waals surface area contributed by atoms with Crippen molar-refractivity contribution in [3.63, 3.8) is 0 Å². The predicted molar refractivity (Wildman–Crippen MR) is 135 cm³/mol. The van der Waals surface area contributed by atoms with Crippen molar-refractivity contribution in [1.29, 1.82) is 0 Å². The maximum absolute atomic E-state index is 12.7. The van der Waals surface area contributed by atoms with Crippen molar-refractivity contribution in [2.75, 3.05) is 12.3 Å². The van der Waals surface area contributed by atoms with Gasteiger partial charge in [-0.25, -0.2) is 8.42 Å². The summed E-state index contributed by atoms with van der Waals surface area (Å²) in [4.78, 5) is 9.44. The van der Waals surface area contributed by atoms with Crippen molar-refractivity contribution in [1.82, 2.24) is 0 Å². The Balaban J connectivity index is 0.00000562. The van der Waals surface area contributed by atoms with Crippen molar-refractivity contribution in [3.05, 3.63) is 24.3 Å². The summed E-state index contributed by atoms with van der Waals surface area (Å²) < 4.78 is 33.7. The van der Waals surface area contributed by atoms with Gasteiger partial charge in [-0.3, -0.25) is 4.79 Å². The molecule has 0 bridgehead atoms. The Bertz CT molecular complexity index is 801. The van der Waals surface area contributed by atoms with Gasteiger partial charge in [-0.2, -0.15) is 0 Å². The summed E-state index contributed by atoms with van der Waals surface area (Å²) in [5.74, 6) is -0.0539. The van der Waals surface area contributed by atoms with Crippen molar-refractivity contribution in [2.24, 2.45) is 5.92 Å². The van der Waals surface area contributed by atoms with Gasteiger partial charge in [0.1, 0.15) is 0 Å². The van der Waals surface area contributed by atoms with Gasteiger partial charge in [-0.15, -0.1) is 0 Å². The summed E-state index contributed by atoms with van der Waals surface area (Å²) in [5.41, 5.74) is 5.93. The number of ketones is 1. The molecule has 0 aliphatic rings. The molecule has 1 unspecified atom stereocenters. The van der Waals surface area contributed by atoms with E-state index in [4.69, 9.17) is 9.06 Å². The topological polar surface area (TPSA) is 135 Å². The number of aliphatic hydroxyl groups excluding tert-OH is 1. The molecule has 9 heteroatoms. The van der Waals surface area contributed by atoms with Gasteiger partial charge < -0.3 is 15.9 Å². The Kier molecular flexibility index (Phi) is 18.7. The normalized spacial score (nSPS) is 13.1. The summed E-state index contributed by atoms with van der Waals surface area (Å²) in [6.45, 7) is 3.39. The first-order valence-electron chi connectivity index (χ1n) is 12.8. The first-order valence-corrected chi connectivity index (χ1v) is 14.9. The van der Waals surface area contributed by atoms with Gasteiger partial charge in [0.05, 0.1) is 11.5 Å². The molecule has 0 radical (unpaired) electrons. The minimum atomic E-state index is -4.44. The van der Waals surface area contributed by atoms with Crippen LogP contribution in [0.15, 0.2) is 29.2 Å². The molecule has 35 heavy (non-hydrogen) atoms. The van der Waals surface area contributed by atoms with Gasteiger partial charge in [0.2, 0.25) is 9.84 Å². The second-order valence-electron chi connectivity index (χ2n) is 9.61. The number of Topliss-reactive ketones (excluding diaryl/α,β-unsaturated/α-hetero) is 1. The number of carbonyl (C=O) groups excluding carboxylic acids is 1. The third-order valence-electron chi connectivity index (χ3n) is 6.22. The number of benzene rings is 1. The van der Waals surface area contributed by atoms with E-state index >= 15 is 0 Å². The number of unbranched alkanes of at least 4 members (excludes halogenated alkanes) is 11. The number of hydrogen-bond acceptors (Lipinski definition) is 7. The molecule has 0 amide bonds. The molecule has 1 aromatic carbocycles. The number of nitrogen functional groups attached to an aromatic ring is 1. The molecule has 1 aromatic rings. The van der Waals surface area contributed by atoms with Gasteiger partial charge in [-0.05, 0) is 36.6 Å². The number of nitrogens with two attached hydrogens (primary N) is 1. The number of sulfone groups is 1. The van der Waals surface area contributed by atoms with Crippen molar-refractivity contribution < 1.29 is 47.2 Å². The Hall–Kier alpha value is -0.926. The number of carbonyl (C=O) groups is 1. The van der Waals surface area contributed by atoms with Crippen molar-refractivity contribution in [3.8, 4) is 0 Å². The monoisotopic (exact) mass is 547 g/mol. The van der Waals surface area contributed by atoms with E-state index in [-0.39, 0.29) is 11.3 Å². The van der Waals surface area contributed by atoms with E-state index in [2.05, 4.69) is 13.8 Å². The van der Waals surface area contributed by atoms with Crippen LogP contribution in [0.4, 0.5) is 5.69 Å². The van der Waals surface area contributed by atoms with E-state index in [0.717, 1.165) is 45.6 Å². The standard InChI is InChI=1S/C26H45NO5S.O.Ti/c1-22(2)15-13-11-9-7-5-3-4-6-8-10-12-14-16-25(29)26(30,21-28)33(31,32)24-19-17-23(27)18-20-24;;/h17-20,22,28,30H,3-16,21,27H2,1-2H3;;. The van der Waals surface area contributed by atoms with Crippen LogP contribution in [0.1, 0.15) is 104 Å². The molecular formula is C26H45NO6STi. The molecular weight excluding hydrogens is 502 g/mol. The van der Waals surface area contributed by atoms with E-state index in [9.17, 15) is 23.4 Å². The SMILES string of the molecule is CC(C)CCCCCCCCCCCCCCC(=O)C(O)(CO)S(=O)(=O)c1ccc(N)cc1.[O]=[Ti]. The summed E-state index contributed by atoms with van der Waals surface area (Å²) in [5, 5.41) is 20.1. The maximum atomic E-state index is 12.7. The van der Waals surface area contributed by atoms with E-state index in [0.29, 0.717) is 12.1 Å². The number of anilines is 1. The van der Waals surface area contributed by atoms with Crippen LogP contribution in [-0.4, -0.2) is 36.0 Å². The van der Waals surface area contributed by atoms with Crippen LogP contribution in [0.3, 0.4) is 0 Å². The molecule has 0 saturated heterocycles. The number of hydrogen-bond donors (Lipinski definition) is 3. The molecule has 4 N–H and O–H groups in total. The predicted octanol–water partition coefficient (Wildman–Crippen LogP) is 5.29. The molecule has 0 fully saturated rings. The molecule has 0 spiro atoms. The minimum absolute atomic E-state index is 0.0813. The van der Waals surface area contributed by atoms with Crippen LogP contribution in [0.5, 0.6) is 0 Å². The molecule has 1 rings (SSSR count). The Labute approximate surface area is 223 Å². The quantitative estimate of drug-likeness (QED) is 0.122.